The van der Waals surface area contributed by atoms with Gasteiger partial charge in [0.25, 0.3) is 0 Å². The lowest BCUT2D eigenvalue weighted by Crippen LogP contribution is -2.13. The Hall–Kier alpha value is -2.47. The van der Waals surface area contributed by atoms with Crippen LogP contribution in [-0.4, -0.2) is 30.9 Å². The van der Waals surface area contributed by atoms with Crippen LogP contribution in [0.2, 0.25) is 0 Å². The van der Waals surface area contributed by atoms with Gasteiger partial charge < -0.3 is 18.8 Å². The average molecular weight is 458 g/mol. The Kier molecular flexibility index (Phi) is 5.81. The summed E-state index contributed by atoms with van der Waals surface area (Å²) in [6.45, 7) is 3.35. The molecule has 0 atom stereocenters. The number of carbonyl (C=O) groups is 1. The number of ether oxygens (including phenoxy) is 3. The van der Waals surface area contributed by atoms with Gasteiger partial charge in [-0.15, -0.1) is 0 Å². The van der Waals surface area contributed by atoms with E-state index in [-0.39, 0.29) is 5.97 Å². The third kappa shape index (κ3) is 4.13. The molecule has 0 saturated heterocycles. The maximum absolute atomic E-state index is 12.8. The van der Waals surface area contributed by atoms with Crippen molar-refractivity contribution in [3.05, 3.63) is 58.2 Å². The highest BCUT2D eigenvalue weighted by Gasteiger charge is 2.26. The molecule has 0 N–H and O–H groups in total. The highest BCUT2D eigenvalue weighted by Crippen LogP contribution is 2.39. The lowest BCUT2D eigenvalue weighted by Gasteiger charge is -2.12. The molecule has 0 spiro atoms. The van der Waals surface area contributed by atoms with Crippen LogP contribution < -0.4 is 9.47 Å². The van der Waals surface area contributed by atoms with E-state index in [1.54, 1.807) is 7.11 Å². The second-order valence-corrected chi connectivity index (χ2v) is 8.02. The summed E-state index contributed by atoms with van der Waals surface area (Å²) in [6, 6.07) is 13.8. The zero-order chi connectivity index (χ0) is 20.4. The fourth-order valence-corrected chi connectivity index (χ4v) is 4.23. The Morgan fingerprint density at radius 2 is 2.00 bits per heavy atom. The number of hydrogen-bond acceptors (Lipinski definition) is 4. The Morgan fingerprint density at radius 1 is 1.21 bits per heavy atom. The Balaban J connectivity index is 1.82. The zero-order valence-corrected chi connectivity index (χ0v) is 18.2. The van der Waals surface area contributed by atoms with Crippen LogP contribution in [0.1, 0.15) is 35.8 Å². The van der Waals surface area contributed by atoms with E-state index in [4.69, 9.17) is 14.2 Å². The first-order valence-corrected chi connectivity index (χ1v) is 10.6. The zero-order valence-electron chi connectivity index (χ0n) is 16.6. The average Bonchev–Trinajstić information content (AvgIpc) is 3.51. The standard InChI is InChI=1S/C23H24BrNO4/c1-3-28-23(26)22-21(24)20-18(8-5-9-19(20)29-14-15-10-11-15)25(22)13-16-6-4-7-17(12-16)27-2/h4-9,12,15H,3,10-11,13-14H2,1-2H3. The van der Waals surface area contributed by atoms with Gasteiger partial charge in [-0.1, -0.05) is 18.2 Å². The van der Waals surface area contributed by atoms with Crippen LogP contribution in [0, 0.1) is 5.92 Å². The van der Waals surface area contributed by atoms with Gasteiger partial charge in [-0.05, 0) is 71.4 Å². The number of esters is 1. The van der Waals surface area contributed by atoms with Crippen molar-refractivity contribution >= 4 is 32.8 Å². The van der Waals surface area contributed by atoms with E-state index in [1.165, 1.54) is 12.8 Å². The first-order chi connectivity index (χ1) is 14.1. The molecule has 152 valence electrons. The van der Waals surface area contributed by atoms with Crippen LogP contribution in [0.25, 0.3) is 10.9 Å². The van der Waals surface area contributed by atoms with Gasteiger partial charge in [-0.2, -0.15) is 0 Å². The normalized spacial score (nSPS) is 13.5. The molecule has 1 aromatic heterocycles. The van der Waals surface area contributed by atoms with Crippen molar-refractivity contribution in [1.29, 1.82) is 0 Å². The van der Waals surface area contributed by atoms with Crippen LogP contribution in [0.4, 0.5) is 0 Å². The van der Waals surface area contributed by atoms with Crippen molar-refractivity contribution in [3.63, 3.8) is 0 Å². The van der Waals surface area contributed by atoms with E-state index in [1.807, 2.05) is 54.0 Å². The Bertz CT molecular complexity index is 1040. The first kappa shape index (κ1) is 19.8. The number of hydrogen-bond donors (Lipinski definition) is 0. The topological polar surface area (TPSA) is 49.7 Å². The molecule has 0 radical (unpaired) electrons. The van der Waals surface area contributed by atoms with E-state index in [0.29, 0.717) is 35.8 Å². The van der Waals surface area contributed by atoms with Crippen molar-refractivity contribution in [1.82, 2.24) is 4.57 Å². The number of fused-ring (bicyclic) bond motifs is 1. The summed E-state index contributed by atoms with van der Waals surface area (Å²) >= 11 is 3.66. The smallest absolute Gasteiger partial charge is 0.356 e. The second-order valence-electron chi connectivity index (χ2n) is 7.23. The molecule has 0 bridgehead atoms. The molecule has 6 heteroatoms. The Labute approximate surface area is 178 Å². The van der Waals surface area contributed by atoms with E-state index in [2.05, 4.69) is 15.9 Å². The number of halogens is 1. The Morgan fingerprint density at radius 3 is 2.72 bits per heavy atom. The summed E-state index contributed by atoms with van der Waals surface area (Å²) < 4.78 is 19.5. The van der Waals surface area contributed by atoms with Gasteiger partial charge in [0.2, 0.25) is 0 Å². The number of nitrogens with zero attached hydrogens (tertiary/aromatic N) is 1. The van der Waals surface area contributed by atoms with Gasteiger partial charge in [-0.25, -0.2) is 4.79 Å². The van der Waals surface area contributed by atoms with Crippen molar-refractivity contribution in [2.45, 2.75) is 26.3 Å². The summed E-state index contributed by atoms with van der Waals surface area (Å²) in [6.07, 6.45) is 2.45. The van der Waals surface area contributed by atoms with Crippen molar-refractivity contribution in [2.24, 2.45) is 5.92 Å². The maximum atomic E-state index is 12.8. The van der Waals surface area contributed by atoms with Gasteiger partial charge in [0.05, 0.1) is 35.7 Å². The first-order valence-electron chi connectivity index (χ1n) is 9.86. The highest BCUT2D eigenvalue weighted by atomic mass is 79.9. The van der Waals surface area contributed by atoms with Crippen LogP contribution in [0.3, 0.4) is 0 Å². The molecule has 1 saturated carbocycles. The van der Waals surface area contributed by atoms with Crippen LogP contribution >= 0.6 is 15.9 Å². The highest BCUT2D eigenvalue weighted by molar-refractivity contribution is 9.10. The van der Waals surface area contributed by atoms with Gasteiger partial charge >= 0.3 is 5.97 Å². The third-order valence-electron chi connectivity index (χ3n) is 5.11. The van der Waals surface area contributed by atoms with E-state index in [0.717, 1.165) is 28.0 Å². The molecule has 1 aliphatic rings. The van der Waals surface area contributed by atoms with Gasteiger partial charge in [0, 0.05) is 6.54 Å². The molecule has 2 aromatic carbocycles. The predicted octanol–water partition coefficient (Wildman–Crippen LogP) is 5.43. The number of rotatable bonds is 8. The number of benzene rings is 2. The predicted molar refractivity (Wildman–Crippen MR) is 116 cm³/mol. The summed E-state index contributed by atoms with van der Waals surface area (Å²) in [5.74, 6) is 1.86. The summed E-state index contributed by atoms with van der Waals surface area (Å²) in [5, 5.41) is 0.902. The summed E-state index contributed by atoms with van der Waals surface area (Å²) in [5.41, 5.74) is 2.45. The molecule has 1 heterocycles. The second kappa shape index (κ2) is 8.49. The number of carbonyl (C=O) groups excluding carboxylic acids is 1. The largest absolute Gasteiger partial charge is 0.497 e. The molecular formula is C23H24BrNO4. The van der Waals surface area contributed by atoms with E-state index in [9.17, 15) is 4.79 Å². The molecule has 0 amide bonds. The third-order valence-corrected chi connectivity index (χ3v) is 5.88. The summed E-state index contributed by atoms with van der Waals surface area (Å²) in [7, 11) is 1.65. The molecule has 0 unspecified atom stereocenters. The van der Waals surface area contributed by atoms with Crippen molar-refractivity contribution in [3.8, 4) is 11.5 Å². The van der Waals surface area contributed by atoms with Gasteiger partial charge in [-0.3, -0.25) is 0 Å². The van der Waals surface area contributed by atoms with Gasteiger partial charge in [0.15, 0.2) is 0 Å². The minimum atomic E-state index is -0.355. The monoisotopic (exact) mass is 457 g/mol. The van der Waals surface area contributed by atoms with Crippen molar-refractivity contribution < 1.29 is 19.0 Å². The minimum absolute atomic E-state index is 0.316. The molecule has 1 aliphatic carbocycles. The van der Waals surface area contributed by atoms with Crippen molar-refractivity contribution in [2.75, 3.05) is 20.3 Å². The molecule has 3 aromatic rings. The molecule has 5 nitrogen and oxygen atoms in total. The lowest BCUT2D eigenvalue weighted by molar-refractivity contribution is 0.0514. The van der Waals surface area contributed by atoms with Crippen LogP contribution in [0.5, 0.6) is 11.5 Å². The summed E-state index contributed by atoms with van der Waals surface area (Å²) in [4.78, 5) is 12.8. The van der Waals surface area contributed by atoms with E-state index >= 15 is 0 Å². The van der Waals surface area contributed by atoms with Gasteiger partial charge in [0.1, 0.15) is 17.2 Å². The van der Waals surface area contributed by atoms with E-state index < -0.39 is 0 Å². The molecule has 0 aliphatic heterocycles. The fraction of sp³-hybridized carbons (Fsp3) is 0.348. The molecule has 4 rings (SSSR count). The number of methoxy groups -OCH3 is 1. The van der Waals surface area contributed by atoms with Crippen LogP contribution in [0.15, 0.2) is 46.9 Å². The minimum Gasteiger partial charge on any atom is -0.497 e. The lowest BCUT2D eigenvalue weighted by atomic mass is 10.2. The maximum Gasteiger partial charge on any atom is 0.356 e. The number of aromatic nitrogens is 1. The molecule has 29 heavy (non-hydrogen) atoms. The SMILES string of the molecule is CCOC(=O)c1c(Br)c2c(OCC3CC3)cccc2n1Cc1cccc(OC)c1. The quantitative estimate of drug-likeness (QED) is 0.423. The molecular weight excluding hydrogens is 434 g/mol. The molecule has 1 fully saturated rings. The van der Waals surface area contributed by atoms with Crippen LogP contribution in [-0.2, 0) is 11.3 Å². The fourth-order valence-electron chi connectivity index (χ4n) is 3.45.